The third-order valence-electron chi connectivity index (χ3n) is 8.45. The van der Waals surface area contributed by atoms with Crippen LogP contribution in [0.3, 0.4) is 0 Å². The summed E-state index contributed by atoms with van der Waals surface area (Å²) in [6.45, 7) is 1.43. The van der Waals surface area contributed by atoms with E-state index in [4.69, 9.17) is 42.2 Å². The normalized spacial score (nSPS) is 25.1. The number of aliphatic hydroxyl groups is 1. The number of ether oxygens (including phenoxy) is 2. The molecular formula is C30H27Cl2N3O4S. The SMILES string of the molecule is N#Cc1ccc2nc(C(O)C34COCC(CC(OCc5c(-c6c(Cl)cccc6Cl)noc5C5CC5)C3)C4)sc2c1. The summed E-state index contributed by atoms with van der Waals surface area (Å²) in [5.74, 6) is 1.48. The maximum Gasteiger partial charge on any atom is 0.145 e. The minimum atomic E-state index is -0.792. The molecule has 2 bridgehead atoms. The Balaban J connectivity index is 1.15. The van der Waals surface area contributed by atoms with Gasteiger partial charge in [-0.05, 0) is 68.4 Å². The number of aromatic nitrogens is 2. The van der Waals surface area contributed by atoms with Crippen molar-refractivity contribution in [3.63, 3.8) is 0 Å². The molecule has 2 aromatic heterocycles. The number of rotatable bonds is 7. The number of fused-ring (bicyclic) bond motifs is 3. The van der Waals surface area contributed by atoms with Crippen molar-refractivity contribution in [2.45, 2.75) is 56.8 Å². The highest BCUT2D eigenvalue weighted by molar-refractivity contribution is 7.18. The average molecular weight is 597 g/mol. The van der Waals surface area contributed by atoms with Crippen LogP contribution in [0.25, 0.3) is 21.5 Å². The van der Waals surface area contributed by atoms with E-state index in [9.17, 15) is 10.4 Å². The van der Waals surface area contributed by atoms with E-state index < -0.39 is 11.5 Å². The van der Waals surface area contributed by atoms with E-state index in [0.29, 0.717) is 64.0 Å². The van der Waals surface area contributed by atoms with Crippen LogP contribution in [0.5, 0.6) is 0 Å². The molecule has 0 radical (unpaired) electrons. The van der Waals surface area contributed by atoms with Gasteiger partial charge in [-0.15, -0.1) is 11.3 Å². The van der Waals surface area contributed by atoms with Crippen molar-refractivity contribution in [1.82, 2.24) is 10.1 Å². The van der Waals surface area contributed by atoms with Crippen LogP contribution >= 0.6 is 34.5 Å². The molecule has 3 heterocycles. The summed E-state index contributed by atoms with van der Waals surface area (Å²) < 4.78 is 19.4. The zero-order valence-corrected chi connectivity index (χ0v) is 23.9. The van der Waals surface area contributed by atoms with Crippen LogP contribution in [-0.2, 0) is 16.1 Å². The van der Waals surface area contributed by atoms with Crippen LogP contribution in [0.15, 0.2) is 40.9 Å². The molecule has 1 saturated heterocycles. The largest absolute Gasteiger partial charge is 0.385 e. The summed E-state index contributed by atoms with van der Waals surface area (Å²) in [6, 6.07) is 13.0. The quantitative estimate of drug-likeness (QED) is 0.237. The van der Waals surface area contributed by atoms with Crippen LogP contribution in [0.2, 0.25) is 10.0 Å². The van der Waals surface area contributed by atoms with Gasteiger partial charge in [-0.25, -0.2) is 4.98 Å². The smallest absolute Gasteiger partial charge is 0.145 e. The van der Waals surface area contributed by atoms with Gasteiger partial charge in [0.2, 0.25) is 0 Å². The first-order valence-electron chi connectivity index (χ1n) is 13.5. The van der Waals surface area contributed by atoms with Crippen LogP contribution < -0.4 is 0 Å². The van der Waals surface area contributed by atoms with E-state index in [1.54, 1.807) is 18.2 Å². The summed E-state index contributed by atoms with van der Waals surface area (Å²) in [4.78, 5) is 4.73. The molecule has 4 atom stereocenters. The van der Waals surface area contributed by atoms with Gasteiger partial charge in [0, 0.05) is 29.1 Å². The van der Waals surface area contributed by atoms with E-state index in [1.807, 2.05) is 18.2 Å². The van der Waals surface area contributed by atoms with Crippen LogP contribution in [-0.4, -0.2) is 34.6 Å². The van der Waals surface area contributed by atoms with Crippen molar-refractivity contribution < 1.29 is 19.1 Å². The van der Waals surface area contributed by atoms with Crippen molar-refractivity contribution in [3.8, 4) is 17.3 Å². The van der Waals surface area contributed by atoms with Crippen LogP contribution in [0.1, 0.15) is 66.0 Å². The zero-order valence-electron chi connectivity index (χ0n) is 21.6. The van der Waals surface area contributed by atoms with Gasteiger partial charge >= 0.3 is 0 Å². The molecule has 1 N–H and O–H groups in total. The summed E-state index contributed by atoms with van der Waals surface area (Å²) >= 11 is 14.5. The first-order valence-corrected chi connectivity index (χ1v) is 15.1. The second-order valence-corrected chi connectivity index (χ2v) is 13.2. The summed E-state index contributed by atoms with van der Waals surface area (Å²) in [5.41, 5.74) is 3.07. The second-order valence-electron chi connectivity index (χ2n) is 11.3. The maximum atomic E-state index is 11.7. The Bertz CT molecular complexity index is 1610. The monoisotopic (exact) mass is 595 g/mol. The molecule has 0 amide bonds. The molecule has 2 saturated carbocycles. The molecular weight excluding hydrogens is 569 g/mol. The van der Waals surface area contributed by atoms with Crippen LogP contribution in [0, 0.1) is 22.7 Å². The number of hydrogen-bond acceptors (Lipinski definition) is 8. The molecule has 3 aliphatic rings. The van der Waals surface area contributed by atoms with Gasteiger partial charge in [-0.2, -0.15) is 5.26 Å². The average Bonchev–Trinajstić information content (AvgIpc) is 3.57. The van der Waals surface area contributed by atoms with E-state index in [1.165, 1.54) is 11.3 Å². The van der Waals surface area contributed by atoms with Crippen molar-refractivity contribution >= 4 is 44.8 Å². The minimum Gasteiger partial charge on any atom is -0.385 e. The van der Waals surface area contributed by atoms with Crippen molar-refractivity contribution in [3.05, 3.63) is 68.3 Å². The van der Waals surface area contributed by atoms with Crippen molar-refractivity contribution in [2.75, 3.05) is 13.2 Å². The number of benzene rings is 2. The Morgan fingerprint density at radius 3 is 2.80 bits per heavy atom. The number of aliphatic hydroxyl groups excluding tert-OH is 1. The topological polar surface area (TPSA) is 101 Å². The molecule has 7 nitrogen and oxygen atoms in total. The standard InChI is InChI=1S/C30H27Cl2N3O4S/c31-21-2-1-3-22(32)25(21)26-20(27(39-35-26)18-5-6-18)14-38-19-8-17-10-30(11-19,15-37-13-17)28(36)29-34-23-7-4-16(12-33)9-24(23)40-29/h1-4,7,9,17-19,28,36H,5-6,8,10-11,13-15H2. The first-order chi connectivity index (χ1) is 19.4. The Hall–Kier alpha value is -2.51. The van der Waals surface area contributed by atoms with Gasteiger partial charge < -0.3 is 19.1 Å². The Morgan fingerprint density at radius 2 is 2.02 bits per heavy atom. The highest BCUT2D eigenvalue weighted by atomic mass is 35.5. The van der Waals surface area contributed by atoms with Crippen molar-refractivity contribution in [1.29, 1.82) is 5.26 Å². The van der Waals surface area contributed by atoms with Gasteiger partial charge in [-0.3, -0.25) is 0 Å². The highest BCUT2D eigenvalue weighted by Crippen LogP contribution is 2.53. The Kier molecular flexibility index (Phi) is 6.86. The van der Waals surface area contributed by atoms with E-state index >= 15 is 0 Å². The fraction of sp³-hybridized carbons (Fsp3) is 0.433. The predicted octanol–water partition coefficient (Wildman–Crippen LogP) is 7.44. The lowest BCUT2D eigenvalue weighted by Gasteiger charge is -2.49. The number of nitriles is 1. The molecule has 40 heavy (non-hydrogen) atoms. The Morgan fingerprint density at radius 1 is 1.20 bits per heavy atom. The van der Waals surface area contributed by atoms with Gasteiger partial charge in [0.1, 0.15) is 22.6 Å². The van der Waals surface area contributed by atoms with Gasteiger partial charge in [0.15, 0.2) is 0 Å². The lowest BCUT2D eigenvalue weighted by molar-refractivity contribution is -0.167. The first kappa shape index (κ1) is 26.4. The summed E-state index contributed by atoms with van der Waals surface area (Å²) in [7, 11) is 0. The number of hydrogen-bond donors (Lipinski definition) is 1. The number of thiazole rings is 1. The molecule has 4 unspecified atom stereocenters. The number of halogens is 2. The number of nitrogens with zero attached hydrogens (tertiary/aromatic N) is 3. The molecule has 7 rings (SSSR count). The molecule has 2 aliphatic carbocycles. The Labute approximate surface area is 245 Å². The third kappa shape index (κ3) is 4.73. The molecule has 4 aromatic rings. The lowest BCUT2D eigenvalue weighted by atomic mass is 9.64. The van der Waals surface area contributed by atoms with Crippen LogP contribution in [0.4, 0.5) is 0 Å². The summed E-state index contributed by atoms with van der Waals surface area (Å²) in [6.07, 6.45) is 3.62. The van der Waals surface area contributed by atoms with E-state index in [0.717, 1.165) is 47.2 Å². The van der Waals surface area contributed by atoms with Gasteiger partial charge in [-0.1, -0.05) is 34.4 Å². The third-order valence-corrected chi connectivity index (χ3v) is 10.1. The highest BCUT2D eigenvalue weighted by Gasteiger charge is 2.50. The molecule has 2 aromatic carbocycles. The summed E-state index contributed by atoms with van der Waals surface area (Å²) in [5, 5.41) is 27.1. The van der Waals surface area contributed by atoms with Gasteiger partial charge in [0.25, 0.3) is 0 Å². The fourth-order valence-electron chi connectivity index (χ4n) is 6.39. The molecule has 10 heteroatoms. The van der Waals surface area contributed by atoms with E-state index in [-0.39, 0.29) is 12.0 Å². The minimum absolute atomic E-state index is 0.0756. The molecule has 1 aliphatic heterocycles. The van der Waals surface area contributed by atoms with Crippen molar-refractivity contribution in [2.24, 2.45) is 11.3 Å². The second kappa shape index (κ2) is 10.4. The molecule has 3 fully saturated rings. The molecule has 0 spiro atoms. The lowest BCUT2D eigenvalue weighted by Crippen LogP contribution is -2.48. The fourth-order valence-corrected chi connectivity index (χ4v) is 8.10. The predicted molar refractivity (Wildman–Crippen MR) is 152 cm³/mol. The zero-order chi connectivity index (χ0) is 27.4. The van der Waals surface area contributed by atoms with E-state index in [2.05, 4.69) is 11.2 Å². The van der Waals surface area contributed by atoms with Gasteiger partial charge in [0.05, 0.1) is 51.2 Å². The maximum absolute atomic E-state index is 11.7. The molecule has 206 valence electrons.